The van der Waals surface area contributed by atoms with Gasteiger partial charge in [-0.1, -0.05) is 66.7 Å². The molecule has 0 saturated heterocycles. The summed E-state index contributed by atoms with van der Waals surface area (Å²) in [6.07, 6.45) is 0. The van der Waals surface area contributed by atoms with Crippen LogP contribution in [0.1, 0.15) is 0 Å². The first-order valence-electron chi connectivity index (χ1n) is 7.66. The predicted molar refractivity (Wildman–Crippen MR) is 103 cm³/mol. The first-order valence-corrected chi connectivity index (χ1v) is 11.9. The standard InChI is InChI=1S/C18H15O6PS2.Li/c19-26(20,21)17-12-6-4-10-15(17)25(14-8-2-1-3-9-14)16-11-5-7-13-18(16)27(22,23)24;/h1-13H,(H,19,20,21)(H,22,23,24);/q;+1/p-1. The molecule has 0 aliphatic heterocycles. The maximum Gasteiger partial charge on any atom is 1.00 e. The van der Waals surface area contributed by atoms with Crippen molar-refractivity contribution in [3.63, 3.8) is 0 Å². The fourth-order valence-electron chi connectivity index (χ4n) is 2.70. The molecule has 0 bridgehead atoms. The van der Waals surface area contributed by atoms with Crippen LogP contribution < -0.4 is 34.8 Å². The summed E-state index contributed by atoms with van der Waals surface area (Å²) in [5.74, 6) is 0. The largest absolute Gasteiger partial charge is 1.00 e. The normalized spacial score (nSPS) is 12.8. The Morgan fingerprint density at radius 1 is 0.679 bits per heavy atom. The van der Waals surface area contributed by atoms with E-state index < -0.39 is 33.1 Å². The second-order valence-corrected chi connectivity index (χ2v) is 10.4. The Balaban J connectivity index is 0.00000280. The summed E-state index contributed by atoms with van der Waals surface area (Å²) >= 11 is 0. The Bertz CT molecular complexity index is 1110. The molecule has 0 spiro atoms. The Hall–Kier alpha value is -1.49. The van der Waals surface area contributed by atoms with Crippen molar-refractivity contribution in [2.24, 2.45) is 0 Å². The Morgan fingerprint density at radius 3 is 1.61 bits per heavy atom. The first-order chi connectivity index (χ1) is 12.7. The fourth-order valence-corrected chi connectivity index (χ4v) is 7.43. The molecule has 0 aromatic heterocycles. The maximum atomic E-state index is 11.9. The minimum absolute atomic E-state index is 0. The molecule has 0 fully saturated rings. The number of hydrogen-bond acceptors (Lipinski definition) is 5. The fraction of sp³-hybridized carbons (Fsp3) is 0. The number of hydrogen-bond donors (Lipinski definition) is 1. The van der Waals surface area contributed by atoms with E-state index in [2.05, 4.69) is 0 Å². The summed E-state index contributed by atoms with van der Waals surface area (Å²) in [5, 5.41) is 1.07. The average Bonchev–Trinajstić information content (AvgIpc) is 2.62. The molecule has 0 saturated carbocycles. The van der Waals surface area contributed by atoms with Crippen molar-refractivity contribution in [2.45, 2.75) is 9.79 Å². The molecule has 0 amide bonds. The molecule has 0 aliphatic rings. The van der Waals surface area contributed by atoms with E-state index in [1.54, 1.807) is 42.5 Å². The van der Waals surface area contributed by atoms with E-state index >= 15 is 0 Å². The number of benzene rings is 3. The molecule has 3 aromatic rings. The molecule has 3 rings (SSSR count). The summed E-state index contributed by atoms with van der Waals surface area (Å²) in [6, 6.07) is 20.2. The summed E-state index contributed by atoms with van der Waals surface area (Å²) in [7, 11) is -11.1. The monoisotopic (exact) mass is 428 g/mol. The van der Waals surface area contributed by atoms with Gasteiger partial charge in [-0.15, -0.1) is 0 Å². The van der Waals surface area contributed by atoms with Crippen LogP contribution in [0.15, 0.2) is 88.7 Å². The third-order valence-corrected chi connectivity index (χ3v) is 8.44. The molecule has 0 radical (unpaired) electrons. The average molecular weight is 428 g/mol. The van der Waals surface area contributed by atoms with E-state index in [0.717, 1.165) is 0 Å². The third kappa shape index (κ3) is 4.91. The van der Waals surface area contributed by atoms with Gasteiger partial charge in [0.05, 0.1) is 4.90 Å². The zero-order valence-corrected chi connectivity index (χ0v) is 17.3. The van der Waals surface area contributed by atoms with E-state index in [1.165, 1.54) is 36.4 Å². The van der Waals surface area contributed by atoms with Gasteiger partial charge in [0.15, 0.2) is 0 Å². The van der Waals surface area contributed by atoms with E-state index in [0.29, 0.717) is 5.30 Å². The zero-order valence-electron chi connectivity index (χ0n) is 14.8. The second-order valence-electron chi connectivity index (χ2n) is 5.54. The molecule has 140 valence electrons. The van der Waals surface area contributed by atoms with Crippen molar-refractivity contribution in [3.05, 3.63) is 78.9 Å². The molecule has 1 atom stereocenters. The topological polar surface area (TPSA) is 112 Å². The predicted octanol–water partition coefficient (Wildman–Crippen LogP) is -1.40. The Morgan fingerprint density at radius 2 is 1.11 bits per heavy atom. The van der Waals surface area contributed by atoms with Crippen LogP contribution in [0.3, 0.4) is 0 Å². The van der Waals surface area contributed by atoms with Gasteiger partial charge in [-0.25, -0.2) is 8.42 Å². The molecule has 28 heavy (non-hydrogen) atoms. The van der Waals surface area contributed by atoms with Gasteiger partial charge in [-0.05, 0) is 25.4 Å². The van der Waals surface area contributed by atoms with Crippen molar-refractivity contribution < 1.29 is 44.8 Å². The van der Waals surface area contributed by atoms with Gasteiger partial charge in [0.25, 0.3) is 10.1 Å². The number of rotatable bonds is 5. The van der Waals surface area contributed by atoms with E-state index in [4.69, 9.17) is 0 Å². The van der Waals surface area contributed by atoms with Gasteiger partial charge in [0.2, 0.25) is 0 Å². The second kappa shape index (κ2) is 8.89. The van der Waals surface area contributed by atoms with Crippen molar-refractivity contribution in [1.29, 1.82) is 0 Å². The van der Waals surface area contributed by atoms with Crippen molar-refractivity contribution in [2.75, 3.05) is 0 Å². The van der Waals surface area contributed by atoms with Gasteiger partial charge in [-0.2, -0.15) is 8.42 Å². The third-order valence-electron chi connectivity index (χ3n) is 3.77. The first kappa shape index (κ1) is 22.8. The van der Waals surface area contributed by atoms with Crippen LogP contribution in [0.2, 0.25) is 0 Å². The van der Waals surface area contributed by atoms with Crippen molar-refractivity contribution in [3.8, 4) is 0 Å². The summed E-state index contributed by atoms with van der Waals surface area (Å²) in [5.41, 5.74) is 0. The van der Waals surface area contributed by atoms with E-state index in [9.17, 15) is 25.9 Å². The van der Waals surface area contributed by atoms with Gasteiger partial charge >= 0.3 is 18.9 Å². The van der Waals surface area contributed by atoms with Crippen molar-refractivity contribution >= 4 is 44.1 Å². The Kier molecular flexibility index (Phi) is 7.24. The van der Waals surface area contributed by atoms with Gasteiger partial charge < -0.3 is 4.55 Å². The van der Waals surface area contributed by atoms with Gasteiger partial charge in [0.1, 0.15) is 15.0 Å². The van der Waals surface area contributed by atoms with Crippen molar-refractivity contribution in [1.82, 2.24) is 0 Å². The van der Waals surface area contributed by atoms with E-state index in [-0.39, 0.29) is 34.4 Å². The minimum Gasteiger partial charge on any atom is -0.744 e. The molecule has 3 aromatic carbocycles. The van der Waals surface area contributed by atoms with Crippen LogP contribution in [-0.4, -0.2) is 25.9 Å². The molecule has 1 unspecified atom stereocenters. The van der Waals surface area contributed by atoms with Gasteiger partial charge in [0, 0.05) is 10.6 Å². The smallest absolute Gasteiger partial charge is 0.744 e. The summed E-state index contributed by atoms with van der Waals surface area (Å²) < 4.78 is 68.8. The molecular formula is C18H14LiO6PS2. The molecule has 10 heteroatoms. The Labute approximate surface area is 177 Å². The summed E-state index contributed by atoms with van der Waals surface area (Å²) in [4.78, 5) is -0.733. The summed E-state index contributed by atoms with van der Waals surface area (Å²) in [6.45, 7) is 0. The van der Waals surface area contributed by atoms with Crippen LogP contribution in [0.25, 0.3) is 0 Å². The molecule has 6 nitrogen and oxygen atoms in total. The van der Waals surface area contributed by atoms with Crippen LogP contribution in [0.5, 0.6) is 0 Å². The van der Waals surface area contributed by atoms with Crippen LogP contribution in [-0.2, 0) is 20.2 Å². The molecular weight excluding hydrogens is 414 g/mol. The molecule has 1 N–H and O–H groups in total. The zero-order chi connectivity index (χ0) is 19.7. The maximum absolute atomic E-state index is 11.9. The SMILES string of the molecule is O=S(=O)([O-])c1ccccc1P(c1ccccc1)c1ccccc1S(=O)(=O)O.[Li+]. The van der Waals surface area contributed by atoms with E-state index in [1.807, 2.05) is 0 Å². The van der Waals surface area contributed by atoms with Crippen LogP contribution in [0.4, 0.5) is 0 Å². The molecule has 0 aliphatic carbocycles. The molecule has 0 heterocycles. The van der Waals surface area contributed by atoms with Crippen LogP contribution >= 0.6 is 7.92 Å². The van der Waals surface area contributed by atoms with Gasteiger partial charge in [-0.3, -0.25) is 4.55 Å². The van der Waals surface area contributed by atoms with Crippen LogP contribution in [0, 0.1) is 0 Å². The minimum atomic E-state index is -4.79. The quantitative estimate of drug-likeness (QED) is 0.304.